The van der Waals surface area contributed by atoms with Gasteiger partial charge in [-0.1, -0.05) is 6.07 Å². The molecule has 114 valence electrons. The molecule has 0 radical (unpaired) electrons. The fourth-order valence-electron chi connectivity index (χ4n) is 1.91. The van der Waals surface area contributed by atoms with Crippen molar-refractivity contribution in [3.8, 4) is 0 Å². The first-order chi connectivity index (χ1) is 10.4. The smallest absolute Gasteiger partial charge is 0.350 e. The number of benzene rings is 1. The Morgan fingerprint density at radius 3 is 2.68 bits per heavy atom. The van der Waals surface area contributed by atoms with Crippen LogP contribution in [0.5, 0.6) is 0 Å². The molecule has 3 aromatic rings. The minimum Gasteiger partial charge on any atom is -0.350 e. The lowest BCUT2D eigenvalue weighted by atomic mass is 10.1. The average Bonchev–Trinajstić information content (AvgIpc) is 2.84. The van der Waals surface area contributed by atoms with Gasteiger partial charge >= 0.3 is 6.18 Å². The minimum atomic E-state index is -4.92. The third-order valence-electron chi connectivity index (χ3n) is 2.84. The van der Waals surface area contributed by atoms with Crippen LogP contribution in [0.1, 0.15) is 5.56 Å². The Morgan fingerprint density at radius 2 is 1.95 bits per heavy atom. The second kappa shape index (κ2) is 4.83. The van der Waals surface area contributed by atoms with Crippen LogP contribution in [0.2, 0.25) is 0 Å². The molecular weight excluding hydrogens is 308 g/mol. The van der Waals surface area contributed by atoms with Crippen molar-refractivity contribution >= 4 is 22.5 Å². The lowest BCUT2D eigenvalue weighted by Gasteiger charge is -2.14. The lowest BCUT2D eigenvalue weighted by molar-refractivity contribution is -0.139. The van der Waals surface area contributed by atoms with Gasteiger partial charge in [-0.15, -0.1) is 0 Å². The largest absolute Gasteiger partial charge is 0.421 e. The van der Waals surface area contributed by atoms with Crippen LogP contribution in [0.3, 0.4) is 0 Å². The van der Waals surface area contributed by atoms with E-state index in [0.29, 0.717) is 6.07 Å². The highest BCUT2D eigenvalue weighted by Gasteiger charge is 2.37. The molecule has 3 rings (SSSR count). The zero-order chi connectivity index (χ0) is 15.9. The summed E-state index contributed by atoms with van der Waals surface area (Å²) in [5, 5.41) is 9.10. The first kappa shape index (κ1) is 14.0. The highest BCUT2D eigenvalue weighted by molar-refractivity contribution is 5.75. The van der Waals surface area contributed by atoms with Gasteiger partial charge in [0.2, 0.25) is 5.65 Å². The number of halogens is 4. The Bertz CT molecular complexity index is 900. The molecule has 2 heterocycles. The summed E-state index contributed by atoms with van der Waals surface area (Å²) >= 11 is 0. The van der Waals surface area contributed by atoms with Crippen molar-refractivity contribution in [2.75, 3.05) is 5.32 Å². The van der Waals surface area contributed by atoms with E-state index >= 15 is 0 Å². The molecule has 0 unspecified atom stereocenters. The molecule has 0 aliphatic heterocycles. The summed E-state index contributed by atoms with van der Waals surface area (Å²) in [7, 11) is 0. The summed E-state index contributed by atoms with van der Waals surface area (Å²) in [4.78, 5) is 14.0. The maximum absolute atomic E-state index is 13.5. The molecule has 0 fully saturated rings. The molecule has 0 bridgehead atoms. The molecule has 0 aliphatic carbocycles. The number of pyridine rings is 1. The summed E-state index contributed by atoms with van der Waals surface area (Å²) in [6.07, 6.45) is -4.92. The second-order valence-electron chi connectivity index (χ2n) is 4.30. The number of hydrogen-bond donors (Lipinski definition) is 2. The van der Waals surface area contributed by atoms with Gasteiger partial charge in [-0.3, -0.25) is 4.79 Å². The number of anilines is 2. The molecule has 22 heavy (non-hydrogen) atoms. The van der Waals surface area contributed by atoms with Crippen LogP contribution >= 0.6 is 0 Å². The van der Waals surface area contributed by atoms with E-state index in [1.807, 2.05) is 0 Å². The molecule has 0 spiro atoms. The normalized spacial score (nSPS) is 11.8. The summed E-state index contributed by atoms with van der Waals surface area (Å²) < 4.78 is 56.6. The predicted molar refractivity (Wildman–Crippen MR) is 67.1 cm³/mol. The number of H-pyrrole nitrogens is 1. The predicted octanol–water partition coefficient (Wildman–Crippen LogP) is 2.81. The molecule has 1 aromatic carbocycles. The SMILES string of the molecule is O=c1[nH]c2nonc2cc1Nc1cccc(F)c1C(F)(F)F. The van der Waals surface area contributed by atoms with Crippen molar-refractivity contribution in [2.24, 2.45) is 0 Å². The van der Waals surface area contributed by atoms with E-state index in [0.717, 1.165) is 18.2 Å². The van der Waals surface area contributed by atoms with Crippen molar-refractivity contribution in [1.82, 2.24) is 15.3 Å². The van der Waals surface area contributed by atoms with Crippen LogP contribution in [0, 0.1) is 5.82 Å². The van der Waals surface area contributed by atoms with E-state index in [1.54, 1.807) is 0 Å². The molecule has 2 aromatic heterocycles. The first-order valence-electron chi connectivity index (χ1n) is 5.84. The van der Waals surface area contributed by atoms with Crippen molar-refractivity contribution < 1.29 is 22.2 Å². The maximum Gasteiger partial charge on any atom is 0.421 e. The van der Waals surface area contributed by atoms with Crippen LogP contribution in [0.15, 0.2) is 33.7 Å². The van der Waals surface area contributed by atoms with E-state index in [1.165, 1.54) is 0 Å². The molecule has 6 nitrogen and oxygen atoms in total. The molecule has 0 saturated heterocycles. The Hall–Kier alpha value is -2.91. The first-order valence-corrected chi connectivity index (χ1v) is 5.84. The van der Waals surface area contributed by atoms with E-state index in [4.69, 9.17) is 0 Å². The van der Waals surface area contributed by atoms with Gasteiger partial charge in [0, 0.05) is 6.07 Å². The van der Waals surface area contributed by atoms with Gasteiger partial charge in [0.15, 0.2) is 5.52 Å². The topological polar surface area (TPSA) is 83.8 Å². The van der Waals surface area contributed by atoms with Crippen LogP contribution in [-0.4, -0.2) is 15.3 Å². The molecule has 0 atom stereocenters. The van der Waals surface area contributed by atoms with Gasteiger partial charge in [0.05, 0.1) is 5.69 Å². The van der Waals surface area contributed by atoms with Crippen molar-refractivity contribution in [2.45, 2.75) is 6.18 Å². The maximum atomic E-state index is 13.5. The molecule has 0 amide bonds. The fraction of sp³-hybridized carbons (Fsp3) is 0.0833. The number of rotatable bonds is 2. The third-order valence-corrected chi connectivity index (χ3v) is 2.84. The van der Waals surface area contributed by atoms with Gasteiger partial charge in [0.25, 0.3) is 5.56 Å². The summed E-state index contributed by atoms with van der Waals surface area (Å²) in [5.41, 5.74) is -2.90. The third kappa shape index (κ3) is 2.38. The van der Waals surface area contributed by atoms with Gasteiger partial charge in [-0.05, 0) is 22.4 Å². The number of alkyl halides is 3. The number of aromatic nitrogens is 3. The summed E-state index contributed by atoms with van der Waals surface area (Å²) in [6, 6.07) is 3.94. The van der Waals surface area contributed by atoms with Crippen LogP contribution < -0.4 is 10.9 Å². The Kier molecular flexibility index (Phi) is 3.08. The number of fused-ring (bicyclic) bond motifs is 1. The number of nitrogens with one attached hydrogen (secondary N) is 2. The molecule has 0 aliphatic rings. The Labute approximate surface area is 118 Å². The highest BCUT2D eigenvalue weighted by atomic mass is 19.4. The zero-order valence-electron chi connectivity index (χ0n) is 10.5. The quantitative estimate of drug-likeness (QED) is 0.711. The highest BCUT2D eigenvalue weighted by Crippen LogP contribution is 2.37. The van der Waals surface area contributed by atoms with Crippen molar-refractivity contribution in [1.29, 1.82) is 0 Å². The molecule has 10 heteroatoms. The van der Waals surface area contributed by atoms with Gasteiger partial charge in [0.1, 0.15) is 17.1 Å². The zero-order valence-corrected chi connectivity index (χ0v) is 10.5. The van der Waals surface area contributed by atoms with Crippen LogP contribution in [0.4, 0.5) is 28.9 Å². The molecular formula is C12H6F4N4O2. The van der Waals surface area contributed by atoms with Gasteiger partial charge < -0.3 is 10.3 Å². The fourth-order valence-corrected chi connectivity index (χ4v) is 1.91. The van der Waals surface area contributed by atoms with Crippen LogP contribution in [0.25, 0.3) is 11.2 Å². The van der Waals surface area contributed by atoms with E-state index < -0.39 is 28.8 Å². The van der Waals surface area contributed by atoms with E-state index in [9.17, 15) is 22.4 Å². The Morgan fingerprint density at radius 1 is 1.18 bits per heavy atom. The summed E-state index contributed by atoms with van der Waals surface area (Å²) in [6.45, 7) is 0. The average molecular weight is 314 g/mol. The molecule has 0 saturated carbocycles. The van der Waals surface area contributed by atoms with Gasteiger partial charge in [-0.25, -0.2) is 9.02 Å². The van der Waals surface area contributed by atoms with Crippen molar-refractivity contribution in [3.63, 3.8) is 0 Å². The summed E-state index contributed by atoms with van der Waals surface area (Å²) in [5.74, 6) is -1.45. The minimum absolute atomic E-state index is 0.0471. The standard InChI is InChI=1S/C12H6F4N4O2/c13-5-2-1-3-6(9(5)12(14,15)16)17-8-4-7-10(18-11(8)21)20-22-19-7/h1-4,17H,(H,18,20,21). The van der Waals surface area contributed by atoms with Crippen LogP contribution in [-0.2, 0) is 6.18 Å². The van der Waals surface area contributed by atoms with E-state index in [-0.39, 0.29) is 16.9 Å². The van der Waals surface area contributed by atoms with Gasteiger partial charge in [-0.2, -0.15) is 13.2 Å². The number of aromatic amines is 1. The van der Waals surface area contributed by atoms with Crippen molar-refractivity contribution in [3.05, 3.63) is 46.0 Å². The monoisotopic (exact) mass is 314 g/mol. The lowest BCUT2D eigenvalue weighted by Crippen LogP contribution is -2.15. The number of hydrogen-bond acceptors (Lipinski definition) is 5. The number of nitrogens with zero attached hydrogens (tertiary/aromatic N) is 2. The van der Waals surface area contributed by atoms with E-state index in [2.05, 4.69) is 25.2 Å². The Balaban J connectivity index is 2.11. The second-order valence-corrected chi connectivity index (χ2v) is 4.30. The molecule has 2 N–H and O–H groups in total.